The van der Waals surface area contributed by atoms with Gasteiger partial charge < -0.3 is 19.2 Å². The summed E-state index contributed by atoms with van der Waals surface area (Å²) in [5, 5.41) is 19.1. The van der Waals surface area contributed by atoms with Crippen LogP contribution in [0.1, 0.15) is 42.9 Å². The molecule has 27 heavy (non-hydrogen) atoms. The molecule has 0 saturated heterocycles. The first-order valence-corrected chi connectivity index (χ1v) is 8.75. The number of aromatic carboxylic acids is 1. The molecule has 1 aliphatic rings. The Morgan fingerprint density at radius 3 is 2.59 bits per heavy atom. The van der Waals surface area contributed by atoms with Crippen molar-refractivity contribution in [1.82, 2.24) is 15.1 Å². The number of hydrogen-bond acceptors (Lipinski definition) is 6. The summed E-state index contributed by atoms with van der Waals surface area (Å²) < 4.78 is 5.73. The quantitative estimate of drug-likeness (QED) is 0.686. The Kier molecular flexibility index (Phi) is 9.66. The molecule has 0 bridgehead atoms. The minimum Gasteiger partial charge on any atom is -0.545 e. The van der Waals surface area contributed by atoms with Crippen molar-refractivity contribution in [2.24, 2.45) is 0 Å². The Bertz CT molecular complexity index is 812. The molecule has 1 aromatic heterocycles. The molecule has 1 atom stereocenters. The van der Waals surface area contributed by atoms with Crippen molar-refractivity contribution >= 4 is 11.5 Å². The second kappa shape index (κ2) is 11.2. The van der Waals surface area contributed by atoms with Gasteiger partial charge in [0.05, 0.1) is 5.97 Å². The average molecular weight is 377 g/mol. The van der Waals surface area contributed by atoms with Crippen LogP contribution in [-0.2, 0) is 0 Å². The van der Waals surface area contributed by atoms with Crippen LogP contribution in [0, 0.1) is 0 Å². The maximum absolute atomic E-state index is 11.0. The molecule has 138 valence electrons. The largest absolute Gasteiger partial charge is 1.00 e. The van der Waals surface area contributed by atoms with Gasteiger partial charge in [0.15, 0.2) is 0 Å². The van der Waals surface area contributed by atoms with Crippen molar-refractivity contribution in [3.8, 4) is 11.5 Å². The van der Waals surface area contributed by atoms with E-state index >= 15 is 0 Å². The SMILES string of the molecule is CC.CN(C)C1C=CC(c2nnc(-c3cccc(C(=O)[O-])c3)o2)=CCC1.[Na+]. The van der Waals surface area contributed by atoms with Crippen molar-refractivity contribution in [1.29, 1.82) is 0 Å². The third kappa shape index (κ3) is 6.14. The van der Waals surface area contributed by atoms with Crippen LogP contribution >= 0.6 is 0 Å². The Morgan fingerprint density at radius 1 is 1.22 bits per heavy atom. The van der Waals surface area contributed by atoms with Crippen molar-refractivity contribution in [3.05, 3.63) is 53.9 Å². The minimum atomic E-state index is -1.24. The van der Waals surface area contributed by atoms with E-state index in [1.54, 1.807) is 12.1 Å². The molecule has 1 unspecified atom stereocenters. The van der Waals surface area contributed by atoms with E-state index in [1.165, 1.54) is 12.1 Å². The van der Waals surface area contributed by atoms with E-state index in [4.69, 9.17) is 4.42 Å². The molecule has 0 spiro atoms. The number of hydrogen-bond donors (Lipinski definition) is 0. The minimum absolute atomic E-state index is 0. The normalized spacial score (nSPS) is 15.9. The Balaban J connectivity index is 0.00000118. The third-order valence-electron chi connectivity index (χ3n) is 4.01. The van der Waals surface area contributed by atoms with E-state index in [9.17, 15) is 9.90 Å². The van der Waals surface area contributed by atoms with Gasteiger partial charge in [0.1, 0.15) is 0 Å². The molecular formula is C20H24N3NaO3. The second-order valence-electron chi connectivity index (χ2n) is 5.91. The third-order valence-corrected chi connectivity index (χ3v) is 4.01. The summed E-state index contributed by atoms with van der Waals surface area (Å²) in [5.74, 6) is -0.518. The van der Waals surface area contributed by atoms with E-state index in [0.29, 0.717) is 17.5 Å². The van der Waals surface area contributed by atoms with Gasteiger partial charge in [-0.1, -0.05) is 44.2 Å². The molecule has 2 aromatic rings. The van der Waals surface area contributed by atoms with Gasteiger partial charge in [-0.15, -0.1) is 10.2 Å². The first kappa shape index (κ1) is 23.3. The molecule has 0 radical (unpaired) electrons. The number of carboxylic acids is 1. The molecule has 0 saturated carbocycles. The van der Waals surface area contributed by atoms with Crippen LogP contribution in [0.2, 0.25) is 0 Å². The van der Waals surface area contributed by atoms with Gasteiger partial charge in [0.2, 0.25) is 11.8 Å². The maximum atomic E-state index is 11.0. The number of aromatic nitrogens is 2. The van der Waals surface area contributed by atoms with Gasteiger partial charge in [-0.25, -0.2) is 0 Å². The molecule has 0 N–H and O–H groups in total. The molecule has 0 aliphatic heterocycles. The summed E-state index contributed by atoms with van der Waals surface area (Å²) in [6, 6.07) is 6.65. The molecule has 1 aliphatic carbocycles. The Morgan fingerprint density at radius 2 is 1.93 bits per heavy atom. The van der Waals surface area contributed by atoms with Crippen LogP contribution in [-0.4, -0.2) is 41.2 Å². The summed E-state index contributed by atoms with van der Waals surface area (Å²) in [6.45, 7) is 4.00. The zero-order chi connectivity index (χ0) is 19.1. The summed E-state index contributed by atoms with van der Waals surface area (Å²) in [7, 11) is 4.10. The van der Waals surface area contributed by atoms with Crippen molar-refractivity contribution in [3.63, 3.8) is 0 Å². The van der Waals surface area contributed by atoms with Gasteiger partial charge in [-0.2, -0.15) is 0 Å². The molecule has 6 nitrogen and oxygen atoms in total. The van der Waals surface area contributed by atoms with Crippen molar-refractivity contribution in [2.45, 2.75) is 32.7 Å². The van der Waals surface area contributed by atoms with Crippen LogP contribution in [0.25, 0.3) is 17.0 Å². The first-order valence-electron chi connectivity index (χ1n) is 8.75. The summed E-state index contributed by atoms with van der Waals surface area (Å²) in [4.78, 5) is 13.1. The van der Waals surface area contributed by atoms with Crippen LogP contribution in [0.15, 0.2) is 46.9 Å². The molecular weight excluding hydrogens is 353 g/mol. The smallest absolute Gasteiger partial charge is 0.545 e. The van der Waals surface area contributed by atoms with Crippen molar-refractivity contribution < 1.29 is 43.9 Å². The van der Waals surface area contributed by atoms with Gasteiger partial charge in [-0.3, -0.25) is 0 Å². The average Bonchev–Trinajstić information content (AvgIpc) is 3.01. The topological polar surface area (TPSA) is 82.3 Å². The zero-order valence-electron chi connectivity index (χ0n) is 16.6. The van der Waals surface area contributed by atoms with E-state index in [0.717, 1.165) is 18.4 Å². The zero-order valence-corrected chi connectivity index (χ0v) is 18.6. The predicted octanol–water partition coefficient (Wildman–Crippen LogP) is -0.206. The van der Waals surface area contributed by atoms with Crippen LogP contribution in [0.5, 0.6) is 0 Å². The standard InChI is InChI=1S/C18H19N3O3.C2H6.Na/c1-21(2)15-8-4-5-12(9-10-15)16-19-20-17(24-16)13-6-3-7-14(11-13)18(22)23;1-2;/h3,5-7,9-11,15H,4,8H2,1-2H3,(H,22,23);1-2H3;/q;;+1/p-1. The monoisotopic (exact) mass is 377 g/mol. The fraction of sp³-hybridized carbons (Fsp3) is 0.350. The predicted molar refractivity (Wildman–Crippen MR) is 99.2 cm³/mol. The maximum Gasteiger partial charge on any atom is 1.00 e. The van der Waals surface area contributed by atoms with Crippen molar-refractivity contribution in [2.75, 3.05) is 14.1 Å². The molecule has 1 aromatic carbocycles. The number of carbonyl (C=O) groups is 1. The molecule has 0 fully saturated rings. The number of rotatable bonds is 4. The van der Waals surface area contributed by atoms with E-state index in [2.05, 4.69) is 41.3 Å². The fourth-order valence-electron chi connectivity index (χ4n) is 2.61. The molecule has 0 amide bonds. The van der Waals surface area contributed by atoms with E-state index in [-0.39, 0.29) is 41.0 Å². The number of allylic oxidation sites excluding steroid dienone is 3. The summed E-state index contributed by atoms with van der Waals surface area (Å²) in [5.41, 5.74) is 1.52. The molecule has 3 rings (SSSR count). The van der Waals surface area contributed by atoms with E-state index in [1.807, 2.05) is 19.9 Å². The number of carboxylic acid groups (broad SMARTS) is 1. The number of carbonyl (C=O) groups excluding carboxylic acids is 1. The number of likely N-dealkylation sites (N-methyl/N-ethyl adjacent to an activating group) is 1. The Hall–Kier alpha value is -1.73. The Labute approximate surface area is 182 Å². The molecule has 7 heteroatoms. The van der Waals surface area contributed by atoms with Gasteiger partial charge >= 0.3 is 29.6 Å². The van der Waals surface area contributed by atoms with Crippen LogP contribution < -0.4 is 34.7 Å². The second-order valence-corrected chi connectivity index (χ2v) is 5.91. The molecule has 1 heterocycles. The first-order chi connectivity index (χ1) is 12.5. The van der Waals surface area contributed by atoms with Gasteiger partial charge in [-0.05, 0) is 44.6 Å². The number of nitrogens with zero attached hydrogens (tertiary/aromatic N) is 3. The van der Waals surface area contributed by atoms with E-state index < -0.39 is 5.97 Å². The van der Waals surface area contributed by atoms with Crippen LogP contribution in [0.3, 0.4) is 0 Å². The fourth-order valence-corrected chi connectivity index (χ4v) is 2.61. The number of benzene rings is 1. The summed E-state index contributed by atoms with van der Waals surface area (Å²) >= 11 is 0. The van der Waals surface area contributed by atoms with Crippen LogP contribution in [0.4, 0.5) is 0 Å². The summed E-state index contributed by atoms with van der Waals surface area (Å²) in [6.07, 6.45) is 8.14. The van der Waals surface area contributed by atoms with Gasteiger partial charge in [0, 0.05) is 17.2 Å². The van der Waals surface area contributed by atoms with Gasteiger partial charge in [0.25, 0.3) is 0 Å².